The van der Waals surface area contributed by atoms with Gasteiger partial charge in [0.2, 0.25) is 0 Å². The molecule has 0 fully saturated rings. The van der Waals surface area contributed by atoms with Crippen molar-refractivity contribution >= 4 is 27.5 Å². The van der Waals surface area contributed by atoms with Gasteiger partial charge in [0.05, 0.1) is 5.39 Å². The molecule has 0 aliphatic carbocycles. The minimum atomic E-state index is -1.03. The van der Waals surface area contributed by atoms with Crippen LogP contribution >= 0.6 is 11.3 Å². The minimum Gasteiger partial charge on any atom is -0.480 e. The molecule has 24 heavy (non-hydrogen) atoms. The van der Waals surface area contributed by atoms with Crippen LogP contribution < -0.4 is 5.56 Å². The number of carboxylic acid groups (broad SMARTS) is 1. The molecule has 0 radical (unpaired) electrons. The fourth-order valence-corrected chi connectivity index (χ4v) is 3.87. The fourth-order valence-electron chi connectivity index (χ4n) is 2.85. The first-order valence-electron chi connectivity index (χ1n) is 7.76. The SMILES string of the molecule is CCC(C(=O)O)n1c(-c2ccccc2)nc2sc(C)c(C)c2c1=O. The predicted octanol–water partition coefficient (Wildman–Crippen LogP) is 3.78. The number of benzene rings is 1. The van der Waals surface area contributed by atoms with E-state index in [0.717, 1.165) is 16.0 Å². The van der Waals surface area contributed by atoms with Gasteiger partial charge in [-0.2, -0.15) is 0 Å². The highest BCUT2D eigenvalue weighted by atomic mass is 32.1. The standard InChI is InChI=1S/C18H18N2O3S/c1-4-13(18(22)23)20-15(12-8-6-5-7-9-12)19-16-14(17(20)21)10(2)11(3)24-16/h5-9,13H,4H2,1-3H3,(H,22,23). The fraction of sp³-hybridized carbons (Fsp3) is 0.278. The average molecular weight is 342 g/mol. The minimum absolute atomic E-state index is 0.282. The van der Waals surface area contributed by atoms with Gasteiger partial charge in [-0.05, 0) is 25.8 Å². The summed E-state index contributed by atoms with van der Waals surface area (Å²) < 4.78 is 1.33. The van der Waals surface area contributed by atoms with Crippen molar-refractivity contribution in [2.24, 2.45) is 0 Å². The molecule has 0 saturated heterocycles. The molecule has 5 nitrogen and oxygen atoms in total. The normalized spacial score (nSPS) is 12.5. The Labute approximate surface area is 143 Å². The molecule has 0 saturated carbocycles. The average Bonchev–Trinajstić information content (AvgIpc) is 2.85. The number of aryl methyl sites for hydroxylation is 2. The number of carbonyl (C=O) groups is 1. The summed E-state index contributed by atoms with van der Waals surface area (Å²) >= 11 is 1.47. The van der Waals surface area contributed by atoms with Gasteiger partial charge in [-0.1, -0.05) is 37.3 Å². The molecule has 2 heterocycles. The topological polar surface area (TPSA) is 72.2 Å². The zero-order valence-corrected chi connectivity index (χ0v) is 14.6. The summed E-state index contributed by atoms with van der Waals surface area (Å²) in [6.45, 7) is 5.59. The molecule has 1 atom stereocenters. The Morgan fingerprint density at radius 2 is 1.96 bits per heavy atom. The number of aromatic nitrogens is 2. The lowest BCUT2D eigenvalue weighted by Crippen LogP contribution is -2.31. The molecular weight excluding hydrogens is 324 g/mol. The number of nitrogens with zero attached hydrogens (tertiary/aromatic N) is 2. The summed E-state index contributed by atoms with van der Waals surface area (Å²) in [5.41, 5.74) is 1.33. The van der Waals surface area contributed by atoms with E-state index in [-0.39, 0.29) is 5.56 Å². The van der Waals surface area contributed by atoms with Crippen LogP contribution in [0.4, 0.5) is 0 Å². The van der Waals surface area contributed by atoms with E-state index in [2.05, 4.69) is 4.98 Å². The Morgan fingerprint density at radius 1 is 1.29 bits per heavy atom. The van der Waals surface area contributed by atoms with E-state index in [4.69, 9.17) is 0 Å². The summed E-state index contributed by atoms with van der Waals surface area (Å²) in [4.78, 5) is 31.2. The van der Waals surface area contributed by atoms with Crippen molar-refractivity contribution in [2.45, 2.75) is 33.2 Å². The quantitative estimate of drug-likeness (QED) is 0.783. The molecule has 1 aromatic carbocycles. The van der Waals surface area contributed by atoms with Crippen molar-refractivity contribution in [2.75, 3.05) is 0 Å². The van der Waals surface area contributed by atoms with E-state index in [0.29, 0.717) is 22.5 Å². The van der Waals surface area contributed by atoms with Gasteiger partial charge >= 0.3 is 5.97 Å². The van der Waals surface area contributed by atoms with Crippen LogP contribution in [-0.4, -0.2) is 20.6 Å². The number of hydrogen-bond donors (Lipinski definition) is 1. The number of hydrogen-bond acceptors (Lipinski definition) is 4. The first-order valence-corrected chi connectivity index (χ1v) is 8.57. The second kappa shape index (κ2) is 6.20. The van der Waals surface area contributed by atoms with Gasteiger partial charge in [0.1, 0.15) is 16.7 Å². The maximum atomic E-state index is 13.1. The van der Waals surface area contributed by atoms with Gasteiger partial charge in [0.15, 0.2) is 0 Å². The molecular formula is C18H18N2O3S. The van der Waals surface area contributed by atoms with Crippen LogP contribution in [0.25, 0.3) is 21.6 Å². The monoisotopic (exact) mass is 342 g/mol. The molecule has 1 N–H and O–H groups in total. The molecule has 1 unspecified atom stereocenters. The molecule has 0 spiro atoms. The molecule has 3 rings (SSSR count). The largest absolute Gasteiger partial charge is 0.480 e. The van der Waals surface area contributed by atoms with Crippen LogP contribution in [0, 0.1) is 13.8 Å². The Hall–Kier alpha value is -2.47. The van der Waals surface area contributed by atoms with Crippen LogP contribution in [-0.2, 0) is 4.79 Å². The molecule has 124 valence electrons. The second-order valence-corrected chi connectivity index (χ2v) is 6.91. The van der Waals surface area contributed by atoms with Crippen LogP contribution in [0.5, 0.6) is 0 Å². The Kier molecular flexibility index (Phi) is 4.24. The van der Waals surface area contributed by atoms with Gasteiger partial charge in [-0.25, -0.2) is 9.78 Å². The molecule has 6 heteroatoms. The third kappa shape index (κ3) is 2.53. The van der Waals surface area contributed by atoms with Crippen LogP contribution in [0.15, 0.2) is 35.1 Å². The van der Waals surface area contributed by atoms with E-state index >= 15 is 0 Å². The highest BCUT2D eigenvalue weighted by Crippen LogP contribution is 2.30. The van der Waals surface area contributed by atoms with Crippen molar-refractivity contribution in [3.05, 3.63) is 51.1 Å². The van der Waals surface area contributed by atoms with Crippen molar-refractivity contribution in [3.63, 3.8) is 0 Å². The summed E-state index contributed by atoms with van der Waals surface area (Å²) in [6.07, 6.45) is 0.310. The predicted molar refractivity (Wildman–Crippen MR) is 95.8 cm³/mol. The van der Waals surface area contributed by atoms with Crippen molar-refractivity contribution < 1.29 is 9.90 Å². The Balaban J connectivity index is 2.45. The highest BCUT2D eigenvalue weighted by molar-refractivity contribution is 7.18. The number of rotatable bonds is 4. The molecule has 0 aliphatic rings. The maximum absolute atomic E-state index is 13.1. The molecule has 0 aliphatic heterocycles. The van der Waals surface area contributed by atoms with E-state index in [1.165, 1.54) is 15.9 Å². The third-order valence-corrected chi connectivity index (χ3v) is 5.35. The summed E-state index contributed by atoms with van der Waals surface area (Å²) in [5, 5.41) is 10.1. The van der Waals surface area contributed by atoms with E-state index in [1.807, 2.05) is 44.2 Å². The summed E-state index contributed by atoms with van der Waals surface area (Å²) in [7, 11) is 0. The van der Waals surface area contributed by atoms with Crippen molar-refractivity contribution in [1.29, 1.82) is 0 Å². The van der Waals surface area contributed by atoms with Gasteiger partial charge < -0.3 is 5.11 Å². The van der Waals surface area contributed by atoms with Crippen LogP contribution in [0.1, 0.15) is 29.8 Å². The summed E-state index contributed by atoms with van der Waals surface area (Å²) in [5.74, 6) is -0.619. The Bertz CT molecular complexity index is 973. The lowest BCUT2D eigenvalue weighted by atomic mass is 10.1. The van der Waals surface area contributed by atoms with Gasteiger partial charge in [-0.15, -0.1) is 11.3 Å². The zero-order valence-electron chi connectivity index (χ0n) is 13.7. The van der Waals surface area contributed by atoms with Crippen LogP contribution in [0.3, 0.4) is 0 Å². The Morgan fingerprint density at radius 3 is 2.54 bits per heavy atom. The first kappa shape index (κ1) is 16.4. The summed E-state index contributed by atoms with van der Waals surface area (Å²) in [6, 6.07) is 8.31. The lowest BCUT2D eigenvalue weighted by Gasteiger charge is -2.18. The number of carboxylic acids is 1. The zero-order chi connectivity index (χ0) is 17.4. The van der Waals surface area contributed by atoms with Crippen molar-refractivity contribution in [1.82, 2.24) is 9.55 Å². The number of aliphatic carboxylic acids is 1. The number of fused-ring (bicyclic) bond motifs is 1. The van der Waals surface area contributed by atoms with E-state index < -0.39 is 12.0 Å². The van der Waals surface area contributed by atoms with Crippen LogP contribution in [0.2, 0.25) is 0 Å². The van der Waals surface area contributed by atoms with Crippen molar-refractivity contribution in [3.8, 4) is 11.4 Å². The maximum Gasteiger partial charge on any atom is 0.326 e. The van der Waals surface area contributed by atoms with E-state index in [9.17, 15) is 14.7 Å². The third-order valence-electron chi connectivity index (χ3n) is 4.25. The molecule has 0 amide bonds. The first-order chi connectivity index (χ1) is 11.5. The molecule has 0 bridgehead atoms. The smallest absolute Gasteiger partial charge is 0.326 e. The van der Waals surface area contributed by atoms with Gasteiger partial charge in [0.25, 0.3) is 5.56 Å². The highest BCUT2D eigenvalue weighted by Gasteiger charge is 2.26. The molecule has 2 aromatic heterocycles. The number of thiophene rings is 1. The van der Waals surface area contributed by atoms with E-state index in [1.54, 1.807) is 6.92 Å². The van der Waals surface area contributed by atoms with Gasteiger partial charge in [0, 0.05) is 10.4 Å². The lowest BCUT2D eigenvalue weighted by molar-refractivity contribution is -0.141. The second-order valence-electron chi connectivity index (χ2n) is 5.70. The van der Waals surface area contributed by atoms with Gasteiger partial charge in [-0.3, -0.25) is 9.36 Å². The molecule has 3 aromatic rings.